The van der Waals surface area contributed by atoms with Gasteiger partial charge in [0.1, 0.15) is 6.10 Å². The van der Waals surface area contributed by atoms with Gasteiger partial charge in [-0.1, -0.05) is 46.4 Å². The highest BCUT2D eigenvalue weighted by atomic mass is 32.2. The molecule has 1 saturated heterocycles. The Balaban J connectivity index is 2.24. The highest BCUT2D eigenvalue weighted by Crippen LogP contribution is 2.38. The van der Waals surface area contributed by atoms with Gasteiger partial charge in [-0.05, 0) is 45.3 Å². The Morgan fingerprint density at radius 1 is 1.14 bits per heavy atom. The molecule has 3 atom stereocenters. The van der Waals surface area contributed by atoms with Crippen molar-refractivity contribution >= 4 is 37.0 Å². The van der Waals surface area contributed by atoms with Crippen LogP contribution >= 0.6 is 11.8 Å². The summed E-state index contributed by atoms with van der Waals surface area (Å²) < 4.78 is 17.7. The Morgan fingerprint density at radius 2 is 1.76 bits per heavy atom. The van der Waals surface area contributed by atoms with Crippen molar-refractivity contribution < 1.29 is 33.4 Å². The van der Waals surface area contributed by atoms with Crippen molar-refractivity contribution in [3.05, 3.63) is 0 Å². The lowest BCUT2D eigenvalue weighted by atomic mass is 9.85. The van der Waals surface area contributed by atoms with Crippen molar-refractivity contribution in [3.8, 4) is 0 Å². The maximum absolute atomic E-state index is 12.6. The Kier molecular flexibility index (Phi) is 12.8. The van der Waals surface area contributed by atoms with Crippen LogP contribution in [0.3, 0.4) is 0 Å². The summed E-state index contributed by atoms with van der Waals surface area (Å²) in [6, 6.07) is 0. The largest absolute Gasteiger partial charge is 0.414 e. The monoisotopic (exact) mass is 562 g/mol. The highest BCUT2D eigenvalue weighted by molar-refractivity contribution is 8.13. The lowest BCUT2D eigenvalue weighted by Crippen LogP contribution is -2.56. The van der Waals surface area contributed by atoms with E-state index in [1.165, 1.54) is 0 Å². The standard InChI is InChI=1S/C26H50N2O7SSi/c1-18(35-37(9,10)24(2,3)4)15-19(29)16-21(31)36-14-13-27-20(30)11-12-28-23(32)22-25(5,6)17-33-26(7,8)34-22/h18-19,22,29H,11-17H2,1-10H3,(H,27,30)(H,28,32)/t18-,19-,22+/m1/s1. The lowest BCUT2D eigenvalue weighted by Gasteiger charge is -2.44. The van der Waals surface area contributed by atoms with Gasteiger partial charge < -0.3 is 29.6 Å². The zero-order chi connectivity index (χ0) is 28.7. The molecular weight excluding hydrogens is 512 g/mol. The van der Waals surface area contributed by atoms with E-state index in [2.05, 4.69) is 44.5 Å². The van der Waals surface area contributed by atoms with E-state index in [4.69, 9.17) is 13.9 Å². The fourth-order valence-corrected chi connectivity index (χ4v) is 5.80. The minimum atomic E-state index is -1.92. The van der Waals surface area contributed by atoms with Crippen LogP contribution in [-0.4, -0.2) is 79.9 Å². The van der Waals surface area contributed by atoms with Crippen LogP contribution in [0.4, 0.5) is 0 Å². The summed E-state index contributed by atoms with van der Waals surface area (Å²) in [5.41, 5.74) is -0.477. The molecular formula is C26H50N2O7SSi. The number of rotatable bonds is 13. The van der Waals surface area contributed by atoms with Crippen molar-refractivity contribution in [3.63, 3.8) is 0 Å². The van der Waals surface area contributed by atoms with Crippen LogP contribution in [0, 0.1) is 5.41 Å². The number of thioether (sulfide) groups is 1. The van der Waals surface area contributed by atoms with E-state index in [1.54, 1.807) is 13.8 Å². The second kappa shape index (κ2) is 13.9. The van der Waals surface area contributed by atoms with Crippen LogP contribution in [0.5, 0.6) is 0 Å². The molecule has 0 bridgehead atoms. The second-order valence-electron chi connectivity index (χ2n) is 12.6. The molecule has 0 radical (unpaired) electrons. The molecule has 1 fully saturated rings. The van der Waals surface area contributed by atoms with Crippen LogP contribution in [0.2, 0.25) is 18.1 Å². The number of carbonyl (C=O) groups excluding carboxylic acids is 3. The van der Waals surface area contributed by atoms with Crippen molar-refractivity contribution in [2.45, 2.75) is 117 Å². The van der Waals surface area contributed by atoms with E-state index in [0.717, 1.165) is 11.8 Å². The fraction of sp³-hybridized carbons (Fsp3) is 0.885. The van der Waals surface area contributed by atoms with E-state index < -0.39 is 31.7 Å². The molecule has 0 aliphatic carbocycles. The van der Waals surface area contributed by atoms with Gasteiger partial charge >= 0.3 is 0 Å². The van der Waals surface area contributed by atoms with E-state index in [-0.39, 0.29) is 47.5 Å². The first-order valence-electron chi connectivity index (χ1n) is 13.1. The van der Waals surface area contributed by atoms with E-state index >= 15 is 0 Å². The number of ether oxygens (including phenoxy) is 2. The minimum absolute atomic E-state index is 0.0529. The van der Waals surface area contributed by atoms with Gasteiger partial charge in [0.15, 0.2) is 19.2 Å². The topological polar surface area (TPSA) is 123 Å². The SMILES string of the molecule is C[C@H](C[C@@H](O)CC(=O)SCCNC(=O)CCNC(=O)[C@@H]1OC(C)(C)OCC1(C)C)O[Si](C)(C)C(C)(C)C. The van der Waals surface area contributed by atoms with Gasteiger partial charge in [0.25, 0.3) is 0 Å². The number of aliphatic hydroxyl groups is 1. The van der Waals surface area contributed by atoms with E-state index in [1.807, 2.05) is 20.8 Å². The molecule has 1 heterocycles. The van der Waals surface area contributed by atoms with Crippen molar-refractivity contribution in [2.75, 3.05) is 25.4 Å². The molecule has 11 heteroatoms. The van der Waals surface area contributed by atoms with Gasteiger partial charge in [-0.2, -0.15) is 0 Å². The Hall–Kier alpha value is -0.983. The molecule has 1 aliphatic heterocycles. The number of carbonyl (C=O) groups is 3. The summed E-state index contributed by atoms with van der Waals surface area (Å²) in [5, 5.41) is 15.8. The first kappa shape index (κ1) is 34.0. The number of nitrogens with one attached hydrogen (secondary N) is 2. The van der Waals surface area contributed by atoms with Gasteiger partial charge in [0, 0.05) is 43.2 Å². The maximum Gasteiger partial charge on any atom is 0.249 e. The molecule has 0 aromatic heterocycles. The molecule has 2 amide bonds. The van der Waals surface area contributed by atoms with Gasteiger partial charge in [-0.15, -0.1) is 0 Å². The molecule has 1 rings (SSSR count). The first-order chi connectivity index (χ1) is 16.8. The molecule has 0 aromatic carbocycles. The molecule has 3 N–H and O–H groups in total. The quantitative estimate of drug-likeness (QED) is 0.230. The summed E-state index contributed by atoms with van der Waals surface area (Å²) in [6.45, 7) is 21.0. The zero-order valence-electron chi connectivity index (χ0n) is 24.5. The molecule has 0 unspecified atom stereocenters. The zero-order valence-corrected chi connectivity index (χ0v) is 26.3. The van der Waals surface area contributed by atoms with Crippen molar-refractivity contribution in [1.82, 2.24) is 10.6 Å². The van der Waals surface area contributed by atoms with Crippen LogP contribution in [0.25, 0.3) is 0 Å². The predicted octanol–water partition coefficient (Wildman–Crippen LogP) is 3.60. The summed E-state index contributed by atoms with van der Waals surface area (Å²) in [4.78, 5) is 36.9. The molecule has 0 spiro atoms. The Bertz CT molecular complexity index is 783. The van der Waals surface area contributed by atoms with Crippen LogP contribution < -0.4 is 10.6 Å². The van der Waals surface area contributed by atoms with Gasteiger partial charge in [-0.3, -0.25) is 14.4 Å². The Morgan fingerprint density at radius 3 is 2.35 bits per heavy atom. The molecule has 0 saturated carbocycles. The number of hydrogen-bond acceptors (Lipinski definition) is 8. The van der Waals surface area contributed by atoms with Crippen molar-refractivity contribution in [1.29, 1.82) is 0 Å². The number of aliphatic hydroxyl groups excluding tert-OH is 1. The molecule has 216 valence electrons. The third-order valence-corrected chi connectivity index (χ3v) is 12.3. The smallest absolute Gasteiger partial charge is 0.249 e. The number of hydrogen-bond donors (Lipinski definition) is 3. The summed E-state index contributed by atoms with van der Waals surface area (Å²) in [6.07, 6.45) is -0.954. The average molecular weight is 563 g/mol. The van der Waals surface area contributed by atoms with Crippen LogP contribution in [0.15, 0.2) is 0 Å². The third-order valence-electron chi connectivity index (χ3n) is 6.79. The van der Waals surface area contributed by atoms with Crippen LogP contribution in [0.1, 0.15) is 74.7 Å². The first-order valence-corrected chi connectivity index (χ1v) is 17.0. The predicted molar refractivity (Wildman–Crippen MR) is 150 cm³/mol. The second-order valence-corrected chi connectivity index (χ2v) is 18.5. The summed E-state index contributed by atoms with van der Waals surface area (Å²) >= 11 is 1.09. The highest BCUT2D eigenvalue weighted by Gasteiger charge is 2.45. The lowest BCUT2D eigenvalue weighted by molar-refractivity contribution is -0.304. The normalized spacial score (nSPS) is 21.1. The molecule has 1 aliphatic rings. The van der Waals surface area contributed by atoms with E-state index in [0.29, 0.717) is 25.3 Å². The van der Waals surface area contributed by atoms with E-state index in [9.17, 15) is 19.5 Å². The summed E-state index contributed by atoms with van der Waals surface area (Å²) in [7, 11) is -1.92. The third kappa shape index (κ3) is 12.2. The maximum atomic E-state index is 12.6. The fourth-order valence-electron chi connectivity index (χ4n) is 3.60. The van der Waals surface area contributed by atoms with Gasteiger partial charge in [0.05, 0.1) is 12.7 Å². The summed E-state index contributed by atoms with van der Waals surface area (Å²) in [5.74, 6) is -0.897. The van der Waals surface area contributed by atoms with Crippen LogP contribution in [-0.2, 0) is 28.3 Å². The average Bonchev–Trinajstić information content (AvgIpc) is 2.71. The van der Waals surface area contributed by atoms with Gasteiger partial charge in [-0.25, -0.2) is 0 Å². The van der Waals surface area contributed by atoms with Gasteiger partial charge in [0.2, 0.25) is 11.8 Å². The molecule has 37 heavy (non-hydrogen) atoms. The number of amides is 2. The Labute approximate surface area is 228 Å². The molecule has 0 aromatic rings. The molecule has 9 nitrogen and oxygen atoms in total. The minimum Gasteiger partial charge on any atom is -0.414 e. The van der Waals surface area contributed by atoms with Crippen molar-refractivity contribution in [2.24, 2.45) is 5.41 Å².